The summed E-state index contributed by atoms with van der Waals surface area (Å²) in [6.45, 7) is 6.48. The Bertz CT molecular complexity index is 588. The Morgan fingerprint density at radius 1 is 1.26 bits per heavy atom. The van der Waals surface area contributed by atoms with E-state index in [4.69, 9.17) is 4.74 Å². The number of carbonyl (C=O) groups excluding carboxylic acids is 3. The number of nitrogens with zero attached hydrogens (tertiary/aromatic N) is 2. The first-order valence-corrected chi connectivity index (χ1v) is 7.26. The van der Waals surface area contributed by atoms with Crippen LogP contribution in [0.2, 0.25) is 0 Å². The predicted octanol–water partition coefficient (Wildman–Crippen LogP) is 0.622. The van der Waals surface area contributed by atoms with Crippen LogP contribution < -0.4 is 0 Å². The van der Waals surface area contributed by atoms with Gasteiger partial charge in [-0.15, -0.1) is 0 Å². The Balaban J connectivity index is 2.32. The number of carboxylic acids is 1. The van der Waals surface area contributed by atoms with Crippen molar-refractivity contribution >= 4 is 23.9 Å². The Kier molecular flexibility index (Phi) is 3.96. The molecule has 1 fully saturated rings. The molecule has 126 valence electrons. The van der Waals surface area contributed by atoms with Crippen LogP contribution >= 0.6 is 0 Å². The smallest absolute Gasteiger partial charge is 0.410 e. The molecule has 23 heavy (non-hydrogen) atoms. The lowest BCUT2D eigenvalue weighted by Crippen LogP contribution is -2.62. The third-order valence-corrected chi connectivity index (χ3v) is 3.97. The molecule has 1 N–H and O–H groups in total. The van der Waals surface area contributed by atoms with Gasteiger partial charge >= 0.3 is 12.1 Å². The van der Waals surface area contributed by atoms with Crippen molar-refractivity contribution < 1.29 is 29.0 Å². The number of hydrogen-bond donors (Lipinski definition) is 1. The molecular weight excluding hydrogens is 304 g/mol. The topological polar surface area (TPSA) is 104 Å². The summed E-state index contributed by atoms with van der Waals surface area (Å²) in [5, 5.41) is 9.71. The maximum absolute atomic E-state index is 12.2. The number of hydrogen-bond acceptors (Lipinski definition) is 5. The monoisotopic (exact) mass is 324 g/mol. The van der Waals surface area contributed by atoms with E-state index in [9.17, 15) is 24.3 Å². The fraction of sp³-hybridized carbons (Fsp3) is 0.600. The van der Waals surface area contributed by atoms with Crippen LogP contribution in [0.1, 0.15) is 27.7 Å². The second-order valence-electron chi connectivity index (χ2n) is 6.84. The average Bonchev–Trinajstić information content (AvgIpc) is 2.89. The van der Waals surface area contributed by atoms with Gasteiger partial charge in [0.2, 0.25) is 0 Å². The highest BCUT2D eigenvalue weighted by Gasteiger charge is 2.60. The van der Waals surface area contributed by atoms with Gasteiger partial charge in [0.25, 0.3) is 11.8 Å². The molecular formula is C15H20N2O6. The average molecular weight is 324 g/mol. The van der Waals surface area contributed by atoms with Crippen molar-refractivity contribution in [3.63, 3.8) is 0 Å². The van der Waals surface area contributed by atoms with E-state index in [0.29, 0.717) is 0 Å². The SMILES string of the molecule is CC1CN(C(=O)OC(C)(C)C)CC1(C(=O)O)N1C(=O)C=CC1=O. The molecule has 0 aromatic carbocycles. The summed E-state index contributed by atoms with van der Waals surface area (Å²) in [5.74, 6) is -3.31. The molecule has 8 nitrogen and oxygen atoms in total. The highest BCUT2D eigenvalue weighted by Crippen LogP contribution is 2.36. The van der Waals surface area contributed by atoms with Crippen molar-refractivity contribution in [2.24, 2.45) is 5.92 Å². The summed E-state index contributed by atoms with van der Waals surface area (Å²) in [5.41, 5.74) is -2.51. The van der Waals surface area contributed by atoms with Crippen molar-refractivity contribution in [1.82, 2.24) is 9.80 Å². The molecule has 0 aromatic rings. The van der Waals surface area contributed by atoms with Gasteiger partial charge in [-0.05, 0) is 20.8 Å². The molecule has 2 atom stereocenters. The Morgan fingerprint density at radius 2 is 1.78 bits per heavy atom. The molecule has 2 heterocycles. The van der Waals surface area contributed by atoms with Crippen molar-refractivity contribution in [2.45, 2.75) is 38.8 Å². The molecule has 3 amide bonds. The van der Waals surface area contributed by atoms with Gasteiger partial charge < -0.3 is 14.7 Å². The predicted molar refractivity (Wildman–Crippen MR) is 78.3 cm³/mol. The van der Waals surface area contributed by atoms with Gasteiger partial charge in [0.15, 0.2) is 5.54 Å². The summed E-state index contributed by atoms with van der Waals surface area (Å²) in [6.07, 6.45) is 1.41. The van der Waals surface area contributed by atoms with Crippen molar-refractivity contribution in [3.8, 4) is 0 Å². The van der Waals surface area contributed by atoms with Crippen LogP contribution in [0.4, 0.5) is 4.79 Å². The second kappa shape index (κ2) is 5.36. The number of carbonyl (C=O) groups is 4. The fourth-order valence-corrected chi connectivity index (χ4v) is 2.92. The molecule has 0 aromatic heterocycles. The quantitative estimate of drug-likeness (QED) is 0.747. The summed E-state index contributed by atoms with van der Waals surface area (Å²) >= 11 is 0. The zero-order valence-corrected chi connectivity index (χ0v) is 13.5. The van der Waals surface area contributed by atoms with E-state index in [2.05, 4.69) is 0 Å². The molecule has 0 radical (unpaired) electrons. The van der Waals surface area contributed by atoms with Gasteiger partial charge in [-0.1, -0.05) is 6.92 Å². The van der Waals surface area contributed by atoms with Crippen LogP contribution in [0.15, 0.2) is 12.2 Å². The van der Waals surface area contributed by atoms with Crippen LogP contribution in [0.5, 0.6) is 0 Å². The highest BCUT2D eigenvalue weighted by molar-refractivity contribution is 6.15. The lowest BCUT2D eigenvalue weighted by Gasteiger charge is -2.36. The third kappa shape index (κ3) is 2.80. The first kappa shape index (κ1) is 17.0. The second-order valence-corrected chi connectivity index (χ2v) is 6.84. The molecule has 1 saturated heterocycles. The summed E-state index contributed by atoms with van der Waals surface area (Å²) in [4.78, 5) is 50.0. The standard InChI is InChI=1S/C15H20N2O6/c1-9-7-16(13(22)23-14(2,3)4)8-15(9,12(20)21)17-10(18)5-6-11(17)19/h5-6,9H,7-8H2,1-4H3,(H,20,21). The van der Waals surface area contributed by atoms with E-state index in [0.717, 1.165) is 17.1 Å². The van der Waals surface area contributed by atoms with Gasteiger partial charge in [-0.3, -0.25) is 14.5 Å². The molecule has 8 heteroatoms. The molecule has 2 aliphatic rings. The third-order valence-electron chi connectivity index (χ3n) is 3.97. The summed E-state index contributed by atoms with van der Waals surface area (Å²) in [6, 6.07) is 0. The van der Waals surface area contributed by atoms with E-state index in [1.54, 1.807) is 27.7 Å². The number of aliphatic carboxylic acids is 1. The number of imide groups is 1. The Hall–Kier alpha value is -2.38. The van der Waals surface area contributed by atoms with Crippen molar-refractivity contribution in [1.29, 1.82) is 0 Å². The van der Waals surface area contributed by atoms with Gasteiger partial charge in [-0.2, -0.15) is 0 Å². The minimum Gasteiger partial charge on any atom is -0.479 e. The minimum absolute atomic E-state index is 0.0816. The maximum atomic E-state index is 12.2. The molecule has 2 rings (SSSR count). The summed E-state index contributed by atoms with van der Waals surface area (Å²) < 4.78 is 5.25. The molecule has 0 bridgehead atoms. The highest BCUT2D eigenvalue weighted by atomic mass is 16.6. The van der Waals surface area contributed by atoms with E-state index in [1.807, 2.05) is 0 Å². The van der Waals surface area contributed by atoms with Crippen molar-refractivity contribution in [3.05, 3.63) is 12.2 Å². The van der Waals surface area contributed by atoms with E-state index in [1.165, 1.54) is 4.90 Å². The number of carboxylic acid groups (broad SMARTS) is 1. The largest absolute Gasteiger partial charge is 0.479 e. The lowest BCUT2D eigenvalue weighted by molar-refractivity contribution is -0.163. The normalized spacial score (nSPS) is 27.7. The van der Waals surface area contributed by atoms with Crippen LogP contribution in [-0.4, -0.2) is 63.0 Å². The molecule has 0 spiro atoms. The first-order chi connectivity index (χ1) is 10.5. The number of amides is 3. The lowest BCUT2D eigenvalue weighted by atomic mass is 9.86. The van der Waals surface area contributed by atoms with E-state index < -0.39 is 40.9 Å². The fourth-order valence-electron chi connectivity index (χ4n) is 2.92. The van der Waals surface area contributed by atoms with Crippen LogP contribution in [0, 0.1) is 5.92 Å². The van der Waals surface area contributed by atoms with E-state index in [-0.39, 0.29) is 13.1 Å². The molecule has 2 unspecified atom stereocenters. The number of rotatable bonds is 2. The minimum atomic E-state index is -1.78. The van der Waals surface area contributed by atoms with Gasteiger partial charge in [0.1, 0.15) is 5.60 Å². The maximum Gasteiger partial charge on any atom is 0.410 e. The zero-order chi connectivity index (χ0) is 17.6. The first-order valence-electron chi connectivity index (χ1n) is 7.26. The van der Waals surface area contributed by atoms with Crippen LogP contribution in [-0.2, 0) is 19.1 Å². The molecule has 2 aliphatic heterocycles. The molecule has 0 aliphatic carbocycles. The summed E-state index contributed by atoms with van der Waals surface area (Å²) in [7, 11) is 0. The Morgan fingerprint density at radius 3 is 2.22 bits per heavy atom. The Labute approximate surface area is 133 Å². The van der Waals surface area contributed by atoms with Crippen LogP contribution in [0.25, 0.3) is 0 Å². The van der Waals surface area contributed by atoms with Crippen molar-refractivity contribution in [2.75, 3.05) is 13.1 Å². The van der Waals surface area contributed by atoms with Gasteiger partial charge in [0.05, 0.1) is 6.54 Å². The number of likely N-dealkylation sites (tertiary alicyclic amines) is 1. The number of ether oxygens (including phenoxy) is 1. The van der Waals surface area contributed by atoms with Gasteiger partial charge in [-0.25, -0.2) is 9.59 Å². The van der Waals surface area contributed by atoms with E-state index >= 15 is 0 Å². The van der Waals surface area contributed by atoms with Gasteiger partial charge in [0, 0.05) is 24.6 Å². The zero-order valence-electron chi connectivity index (χ0n) is 13.5. The van der Waals surface area contributed by atoms with Crippen LogP contribution in [0.3, 0.4) is 0 Å². The molecule has 0 saturated carbocycles.